The molecular weight excluding hydrogens is 466 g/mol. The lowest BCUT2D eigenvalue weighted by atomic mass is 10.2. The van der Waals surface area contributed by atoms with Crippen molar-refractivity contribution in [3.8, 4) is 0 Å². The first-order chi connectivity index (χ1) is 12.0. The number of amides is 2. The van der Waals surface area contributed by atoms with Gasteiger partial charge in [0.2, 0.25) is 0 Å². The van der Waals surface area contributed by atoms with Gasteiger partial charge in [0.15, 0.2) is 0 Å². The second kappa shape index (κ2) is 8.17. The highest BCUT2D eigenvalue weighted by atomic mass is 79.9. The second-order valence-corrected chi connectivity index (χ2v) is 8.16. The molecule has 0 saturated carbocycles. The lowest BCUT2D eigenvalue weighted by Crippen LogP contribution is -2.27. The predicted molar refractivity (Wildman–Crippen MR) is 109 cm³/mol. The van der Waals surface area contributed by atoms with Crippen LogP contribution >= 0.6 is 43.6 Å². The minimum Gasteiger partial charge on any atom is -0.268 e. The molecule has 0 aromatic heterocycles. The minimum absolute atomic E-state index is 0.251. The van der Waals surface area contributed by atoms with Crippen LogP contribution in [-0.4, -0.2) is 16.0 Å². The number of hydrogen-bond donors (Lipinski definition) is 0. The third-order valence-corrected chi connectivity index (χ3v) is 5.39. The van der Waals surface area contributed by atoms with Crippen LogP contribution < -0.4 is 0 Å². The van der Waals surface area contributed by atoms with Gasteiger partial charge >= 0.3 is 0 Å². The largest absolute Gasteiger partial charge is 0.293 e. The number of halogens is 2. The van der Waals surface area contributed by atoms with E-state index >= 15 is 0 Å². The van der Waals surface area contributed by atoms with E-state index in [0.717, 1.165) is 31.8 Å². The molecule has 1 fully saturated rings. The summed E-state index contributed by atoms with van der Waals surface area (Å²) in [4.78, 5) is 26.4. The average Bonchev–Trinajstić information content (AvgIpc) is 2.85. The SMILES string of the molecule is O=C1S/C(=C\C(Br)=C\c2ccccc2)C(=O)N1Cc1ccc(Br)cc1. The summed E-state index contributed by atoms with van der Waals surface area (Å²) >= 11 is 7.79. The third-order valence-electron chi connectivity index (χ3n) is 3.50. The van der Waals surface area contributed by atoms with E-state index in [4.69, 9.17) is 0 Å². The quantitative estimate of drug-likeness (QED) is 0.508. The Hall–Kier alpha value is -1.63. The van der Waals surface area contributed by atoms with Gasteiger partial charge < -0.3 is 0 Å². The molecule has 1 aliphatic heterocycles. The van der Waals surface area contributed by atoms with Gasteiger partial charge in [-0.25, -0.2) is 0 Å². The normalized spacial score (nSPS) is 16.8. The van der Waals surface area contributed by atoms with E-state index in [9.17, 15) is 9.59 Å². The molecule has 2 aromatic rings. The summed E-state index contributed by atoms with van der Waals surface area (Å²) in [5.41, 5.74) is 1.92. The molecule has 0 aliphatic carbocycles. The fourth-order valence-corrected chi connectivity index (χ4v) is 4.02. The molecule has 0 N–H and O–H groups in total. The van der Waals surface area contributed by atoms with Crippen LogP contribution in [0.3, 0.4) is 0 Å². The van der Waals surface area contributed by atoms with Crippen LogP contribution in [0.2, 0.25) is 0 Å². The van der Waals surface area contributed by atoms with Crippen molar-refractivity contribution in [2.45, 2.75) is 6.54 Å². The fourth-order valence-electron chi connectivity index (χ4n) is 2.28. The van der Waals surface area contributed by atoms with Crippen LogP contribution in [0.1, 0.15) is 11.1 Å². The standard InChI is InChI=1S/C19H13Br2NO2S/c20-15-8-6-14(7-9-15)12-22-18(23)17(25-19(22)24)11-16(21)10-13-4-2-1-3-5-13/h1-11H,12H2/b16-10-,17-11-. The zero-order valence-corrected chi connectivity index (χ0v) is 17.0. The summed E-state index contributed by atoms with van der Waals surface area (Å²) in [6.45, 7) is 0.273. The van der Waals surface area contributed by atoms with Gasteiger partial charge in [-0.1, -0.05) is 74.3 Å². The van der Waals surface area contributed by atoms with E-state index in [1.165, 1.54) is 4.90 Å². The number of carbonyl (C=O) groups is 2. The van der Waals surface area contributed by atoms with Crippen molar-refractivity contribution in [3.05, 3.63) is 85.7 Å². The molecule has 3 rings (SSSR count). The highest BCUT2D eigenvalue weighted by molar-refractivity contribution is 9.12. The average molecular weight is 479 g/mol. The Kier molecular flexibility index (Phi) is 5.93. The van der Waals surface area contributed by atoms with Crippen molar-refractivity contribution in [2.75, 3.05) is 0 Å². The van der Waals surface area contributed by atoms with Crippen molar-refractivity contribution in [2.24, 2.45) is 0 Å². The zero-order chi connectivity index (χ0) is 17.8. The van der Waals surface area contributed by atoms with Crippen molar-refractivity contribution < 1.29 is 9.59 Å². The first-order valence-electron chi connectivity index (χ1n) is 7.45. The summed E-state index contributed by atoms with van der Waals surface area (Å²) in [6.07, 6.45) is 3.60. The molecule has 0 bridgehead atoms. The topological polar surface area (TPSA) is 37.4 Å². The number of carbonyl (C=O) groups excluding carboxylic acids is 2. The second-order valence-electron chi connectivity index (χ2n) is 5.33. The van der Waals surface area contributed by atoms with E-state index < -0.39 is 0 Å². The van der Waals surface area contributed by atoms with Crippen LogP contribution in [0.15, 0.2) is 74.5 Å². The van der Waals surface area contributed by atoms with Crippen LogP contribution in [0, 0.1) is 0 Å². The smallest absolute Gasteiger partial charge is 0.268 e. The first kappa shape index (κ1) is 18.2. The number of benzene rings is 2. The summed E-state index contributed by atoms with van der Waals surface area (Å²) in [5.74, 6) is -0.267. The van der Waals surface area contributed by atoms with Gasteiger partial charge in [0.1, 0.15) is 0 Å². The summed E-state index contributed by atoms with van der Waals surface area (Å²) in [7, 11) is 0. The molecule has 1 aliphatic rings. The van der Waals surface area contributed by atoms with Gasteiger partial charge in [-0.2, -0.15) is 0 Å². The van der Waals surface area contributed by atoms with Gasteiger partial charge in [0.25, 0.3) is 11.1 Å². The maximum Gasteiger partial charge on any atom is 0.293 e. The van der Waals surface area contributed by atoms with E-state index in [0.29, 0.717) is 4.91 Å². The lowest BCUT2D eigenvalue weighted by Gasteiger charge is -2.12. The summed E-state index contributed by atoms with van der Waals surface area (Å²) in [6, 6.07) is 17.3. The Labute approximate surface area is 167 Å². The van der Waals surface area contributed by atoms with E-state index in [1.807, 2.05) is 60.7 Å². The molecule has 0 radical (unpaired) electrons. The molecule has 3 nitrogen and oxygen atoms in total. The van der Waals surface area contributed by atoms with E-state index in [-0.39, 0.29) is 17.7 Å². The molecule has 0 unspecified atom stereocenters. The van der Waals surface area contributed by atoms with Gasteiger partial charge in [-0.15, -0.1) is 0 Å². The summed E-state index contributed by atoms with van der Waals surface area (Å²) in [5, 5.41) is -0.251. The van der Waals surface area contributed by atoms with Crippen molar-refractivity contribution in [1.29, 1.82) is 0 Å². The van der Waals surface area contributed by atoms with Crippen LogP contribution in [0.25, 0.3) is 6.08 Å². The van der Waals surface area contributed by atoms with E-state index in [1.54, 1.807) is 6.08 Å². The van der Waals surface area contributed by atoms with Crippen molar-refractivity contribution in [3.63, 3.8) is 0 Å². The van der Waals surface area contributed by atoms with Crippen LogP contribution in [0.4, 0.5) is 4.79 Å². The van der Waals surface area contributed by atoms with Crippen LogP contribution in [-0.2, 0) is 11.3 Å². The molecular formula is C19H13Br2NO2S. The van der Waals surface area contributed by atoms with Crippen LogP contribution in [0.5, 0.6) is 0 Å². The number of thioether (sulfide) groups is 1. The molecule has 1 heterocycles. The molecule has 2 aromatic carbocycles. The fraction of sp³-hybridized carbons (Fsp3) is 0.0526. The number of hydrogen-bond acceptors (Lipinski definition) is 3. The van der Waals surface area contributed by atoms with Gasteiger partial charge in [-0.05, 0) is 47.2 Å². The molecule has 25 heavy (non-hydrogen) atoms. The highest BCUT2D eigenvalue weighted by Crippen LogP contribution is 2.33. The minimum atomic E-state index is -0.267. The maximum atomic E-state index is 12.5. The van der Waals surface area contributed by atoms with Gasteiger partial charge in [0.05, 0.1) is 11.4 Å². The number of imide groups is 1. The number of rotatable bonds is 4. The Balaban J connectivity index is 1.76. The van der Waals surface area contributed by atoms with Crippen molar-refractivity contribution >= 4 is 60.8 Å². The Morgan fingerprint density at radius 3 is 2.40 bits per heavy atom. The molecule has 1 saturated heterocycles. The maximum absolute atomic E-state index is 12.5. The first-order valence-corrected chi connectivity index (χ1v) is 9.85. The number of nitrogens with zero attached hydrogens (tertiary/aromatic N) is 1. The van der Waals surface area contributed by atoms with Gasteiger partial charge in [0, 0.05) is 8.96 Å². The monoisotopic (exact) mass is 477 g/mol. The molecule has 2 amide bonds. The van der Waals surface area contributed by atoms with E-state index in [2.05, 4.69) is 31.9 Å². The van der Waals surface area contributed by atoms with Gasteiger partial charge in [-0.3, -0.25) is 14.5 Å². The Morgan fingerprint density at radius 2 is 1.72 bits per heavy atom. The zero-order valence-electron chi connectivity index (χ0n) is 13.0. The highest BCUT2D eigenvalue weighted by Gasteiger charge is 2.34. The third kappa shape index (κ3) is 4.71. The molecule has 0 atom stereocenters. The predicted octanol–water partition coefficient (Wildman–Crippen LogP) is 5.96. The number of allylic oxidation sites excluding steroid dienone is 2. The van der Waals surface area contributed by atoms with Crippen molar-refractivity contribution in [1.82, 2.24) is 4.90 Å². The Bertz CT molecular complexity index is 861. The summed E-state index contributed by atoms with van der Waals surface area (Å²) < 4.78 is 1.70. The molecule has 126 valence electrons. The Morgan fingerprint density at radius 1 is 1.04 bits per heavy atom. The lowest BCUT2D eigenvalue weighted by molar-refractivity contribution is -0.123. The molecule has 0 spiro atoms. The molecule has 6 heteroatoms.